The third-order valence-corrected chi connectivity index (χ3v) is 3.09. The van der Waals surface area contributed by atoms with Gasteiger partial charge in [0.05, 0.1) is 0 Å². The SMILES string of the molecule is FC(F)(F)C(F)(F)C1C(F)(F)C(F)(F)C(F)(F)C(F)(F)C1(F)F. The zero-order valence-corrected chi connectivity index (χ0v) is 9.75. The average molecular weight is 382 g/mol. The van der Waals surface area contributed by atoms with Gasteiger partial charge in [-0.2, -0.15) is 65.9 Å². The maximum absolute atomic E-state index is 13.0. The van der Waals surface area contributed by atoms with Gasteiger partial charge in [0.15, 0.2) is 5.92 Å². The summed E-state index contributed by atoms with van der Waals surface area (Å²) in [7, 11) is 0. The molecule has 0 spiro atoms. The van der Waals surface area contributed by atoms with E-state index in [2.05, 4.69) is 0 Å². The van der Waals surface area contributed by atoms with Crippen molar-refractivity contribution >= 4 is 0 Å². The van der Waals surface area contributed by atoms with Crippen LogP contribution in [0.5, 0.6) is 0 Å². The van der Waals surface area contributed by atoms with Crippen LogP contribution in [0.1, 0.15) is 0 Å². The molecule has 0 saturated heterocycles. The van der Waals surface area contributed by atoms with Crippen molar-refractivity contribution in [2.45, 2.75) is 41.7 Å². The zero-order valence-electron chi connectivity index (χ0n) is 9.75. The summed E-state index contributed by atoms with van der Waals surface area (Å²) < 4.78 is 189. The second-order valence-electron chi connectivity index (χ2n) is 4.52. The highest BCUT2D eigenvalue weighted by Gasteiger charge is 2.99. The van der Waals surface area contributed by atoms with E-state index >= 15 is 0 Å². The van der Waals surface area contributed by atoms with Crippen LogP contribution in [0, 0.1) is 5.92 Å². The molecule has 0 N–H and O–H groups in total. The first kappa shape index (κ1) is 20.0. The lowest BCUT2D eigenvalue weighted by Gasteiger charge is -2.51. The molecule has 0 amide bonds. The molecule has 0 aromatic heterocycles. The van der Waals surface area contributed by atoms with Crippen molar-refractivity contribution in [3.8, 4) is 0 Å². The van der Waals surface area contributed by atoms with Gasteiger partial charge in [-0.15, -0.1) is 0 Å². The Kier molecular flexibility index (Phi) is 3.75. The summed E-state index contributed by atoms with van der Waals surface area (Å²) in [5, 5.41) is 0. The summed E-state index contributed by atoms with van der Waals surface area (Å²) in [5.74, 6) is -51.9. The quantitative estimate of drug-likeness (QED) is 0.561. The van der Waals surface area contributed by atoms with Gasteiger partial charge in [0.25, 0.3) is 0 Å². The van der Waals surface area contributed by atoms with E-state index < -0.39 is 47.6 Å². The summed E-state index contributed by atoms with van der Waals surface area (Å²) in [6.45, 7) is 0. The van der Waals surface area contributed by atoms with Crippen LogP contribution in [0.15, 0.2) is 0 Å². The Morgan fingerprint density at radius 3 is 0.957 bits per heavy atom. The summed E-state index contributed by atoms with van der Waals surface area (Å²) >= 11 is 0. The van der Waals surface area contributed by atoms with E-state index in [0.29, 0.717) is 0 Å². The molecule has 15 heteroatoms. The van der Waals surface area contributed by atoms with Crippen molar-refractivity contribution in [1.82, 2.24) is 0 Å². The Hall–Kier alpha value is -1.05. The Morgan fingerprint density at radius 2 is 0.739 bits per heavy atom. The van der Waals surface area contributed by atoms with Crippen molar-refractivity contribution in [2.24, 2.45) is 5.92 Å². The molecule has 1 fully saturated rings. The van der Waals surface area contributed by atoms with Crippen LogP contribution < -0.4 is 0 Å². The lowest BCUT2D eigenvalue weighted by Crippen LogP contribution is -2.81. The minimum Gasteiger partial charge on any atom is -0.199 e. The fourth-order valence-electron chi connectivity index (χ4n) is 1.83. The molecule has 0 aliphatic heterocycles. The minimum absolute atomic E-state index is 6.47. The van der Waals surface area contributed by atoms with Crippen molar-refractivity contribution in [2.75, 3.05) is 0 Å². The fraction of sp³-hybridized carbons (Fsp3) is 1.00. The monoisotopic (exact) mass is 382 g/mol. The molecule has 0 atom stereocenters. The van der Waals surface area contributed by atoms with Gasteiger partial charge in [0.2, 0.25) is 0 Å². The first-order valence-corrected chi connectivity index (χ1v) is 4.95. The van der Waals surface area contributed by atoms with Gasteiger partial charge in [-0.05, 0) is 0 Å². The number of hydrogen-bond donors (Lipinski definition) is 0. The molecule has 1 aliphatic rings. The highest BCUT2D eigenvalue weighted by Crippen LogP contribution is 2.70. The van der Waals surface area contributed by atoms with E-state index in [9.17, 15) is 65.9 Å². The molecule has 1 aliphatic carbocycles. The fourth-order valence-corrected chi connectivity index (χ4v) is 1.83. The van der Waals surface area contributed by atoms with Gasteiger partial charge in [-0.1, -0.05) is 0 Å². The Bertz CT molecular complexity index is 452. The van der Waals surface area contributed by atoms with Crippen LogP contribution >= 0.6 is 0 Å². The van der Waals surface area contributed by atoms with Crippen molar-refractivity contribution < 1.29 is 65.9 Å². The molecular formula is C8HF15. The molecule has 1 saturated carbocycles. The molecule has 0 aromatic carbocycles. The Labute approximate surface area is 115 Å². The predicted octanol–water partition coefficient (Wildman–Crippen LogP) is 4.99. The van der Waals surface area contributed by atoms with Crippen molar-refractivity contribution in [1.29, 1.82) is 0 Å². The summed E-state index contributed by atoms with van der Waals surface area (Å²) in [4.78, 5) is 0. The second kappa shape index (κ2) is 4.32. The number of hydrogen-bond acceptors (Lipinski definition) is 0. The summed E-state index contributed by atoms with van der Waals surface area (Å²) in [5.41, 5.74) is 0. The van der Waals surface area contributed by atoms with E-state index in [-0.39, 0.29) is 0 Å². The lowest BCUT2D eigenvalue weighted by molar-refractivity contribution is -0.493. The maximum atomic E-state index is 13.0. The molecule has 0 nitrogen and oxygen atoms in total. The first-order valence-electron chi connectivity index (χ1n) is 4.95. The molecule has 1 rings (SSSR count). The third-order valence-electron chi connectivity index (χ3n) is 3.09. The largest absolute Gasteiger partial charge is 0.454 e. The summed E-state index contributed by atoms with van der Waals surface area (Å²) in [6.07, 6.45) is -7.43. The number of rotatable bonds is 1. The van der Waals surface area contributed by atoms with E-state index in [1.54, 1.807) is 0 Å². The van der Waals surface area contributed by atoms with Crippen LogP contribution in [-0.2, 0) is 0 Å². The zero-order chi connectivity index (χ0) is 19.1. The third kappa shape index (κ3) is 1.96. The molecule has 23 heavy (non-hydrogen) atoms. The highest BCUT2D eigenvalue weighted by molar-refractivity contribution is 5.22. The van der Waals surface area contributed by atoms with Crippen LogP contribution in [-0.4, -0.2) is 41.7 Å². The van der Waals surface area contributed by atoms with Gasteiger partial charge >= 0.3 is 41.7 Å². The van der Waals surface area contributed by atoms with Gasteiger partial charge in [0, 0.05) is 0 Å². The van der Waals surface area contributed by atoms with Gasteiger partial charge < -0.3 is 0 Å². The lowest BCUT2D eigenvalue weighted by atomic mass is 9.71. The molecule has 0 heterocycles. The highest BCUT2D eigenvalue weighted by atomic mass is 19.4. The van der Waals surface area contributed by atoms with Gasteiger partial charge in [-0.25, -0.2) is 0 Å². The van der Waals surface area contributed by atoms with E-state index in [0.717, 1.165) is 0 Å². The van der Waals surface area contributed by atoms with Crippen molar-refractivity contribution in [3.05, 3.63) is 0 Å². The summed E-state index contributed by atoms with van der Waals surface area (Å²) in [6, 6.07) is 0. The second-order valence-corrected chi connectivity index (χ2v) is 4.52. The van der Waals surface area contributed by atoms with Crippen LogP contribution in [0.2, 0.25) is 0 Å². The number of alkyl halides is 15. The Balaban J connectivity index is 3.84. The van der Waals surface area contributed by atoms with Gasteiger partial charge in [-0.3, -0.25) is 0 Å². The molecular weight excluding hydrogens is 381 g/mol. The van der Waals surface area contributed by atoms with Crippen LogP contribution in [0.25, 0.3) is 0 Å². The minimum atomic E-state index is -7.62. The van der Waals surface area contributed by atoms with E-state index in [1.807, 2.05) is 0 Å². The molecule has 0 aromatic rings. The number of halogens is 15. The maximum Gasteiger partial charge on any atom is 0.454 e. The first-order chi connectivity index (χ1) is 9.62. The Morgan fingerprint density at radius 1 is 0.478 bits per heavy atom. The van der Waals surface area contributed by atoms with E-state index in [4.69, 9.17) is 0 Å². The van der Waals surface area contributed by atoms with Crippen LogP contribution in [0.3, 0.4) is 0 Å². The van der Waals surface area contributed by atoms with Crippen LogP contribution in [0.4, 0.5) is 65.9 Å². The van der Waals surface area contributed by atoms with E-state index in [1.165, 1.54) is 0 Å². The van der Waals surface area contributed by atoms with Gasteiger partial charge in [0.1, 0.15) is 0 Å². The molecule has 138 valence electrons. The smallest absolute Gasteiger partial charge is 0.199 e. The molecule has 0 unspecified atom stereocenters. The normalized spacial score (nSPS) is 29.3. The topological polar surface area (TPSA) is 0 Å². The molecule has 0 radical (unpaired) electrons. The predicted molar refractivity (Wildman–Crippen MR) is 39.2 cm³/mol. The standard InChI is InChI=1S/C8HF15/c9-2(10)1(4(13,14)8(21,22)23)3(11,12)6(17,18)7(19,20)5(2,15)16/h1H. The molecule has 0 bridgehead atoms. The average Bonchev–Trinajstić information content (AvgIpc) is 2.23. The van der Waals surface area contributed by atoms with Crippen molar-refractivity contribution in [3.63, 3.8) is 0 Å².